The molecule has 5 heterocycles. The molecular weight excluding hydrogens is 773 g/mol. The monoisotopic (exact) mass is 808 g/mol. The topological polar surface area (TPSA) is 72.8 Å². The zero-order chi connectivity index (χ0) is 41.6. The van der Waals surface area contributed by atoms with Crippen molar-refractivity contribution in [1.82, 2.24) is 14.1 Å². The quantitative estimate of drug-likeness (QED) is 0.161. The Morgan fingerprint density at radius 1 is 0.444 bits per heavy atom. The largest absolute Gasteiger partial charge is 0.456 e. The lowest BCUT2D eigenvalue weighted by molar-refractivity contribution is 0.653. The van der Waals surface area contributed by atoms with Gasteiger partial charge in [0, 0.05) is 55.3 Å². The fourth-order valence-corrected chi connectivity index (χ4v) is 10.1. The van der Waals surface area contributed by atoms with E-state index < -0.39 is 0 Å². The van der Waals surface area contributed by atoms with E-state index in [-0.39, 0.29) is 0 Å². The molecule has 0 saturated carbocycles. The summed E-state index contributed by atoms with van der Waals surface area (Å²) in [5, 5.41) is 17.5. The molecule has 0 atom stereocenters. The average Bonchev–Trinajstić information content (AvgIpc) is 4.09. The number of furan rings is 2. The molecule has 6 heteroatoms. The third-order valence-electron chi connectivity index (χ3n) is 13.0. The molecule has 13 rings (SSSR count). The van der Waals surface area contributed by atoms with Gasteiger partial charge >= 0.3 is 0 Å². The van der Waals surface area contributed by atoms with Gasteiger partial charge in [-0.05, 0) is 133 Å². The average molecular weight is 809 g/mol. The summed E-state index contributed by atoms with van der Waals surface area (Å²) in [5.74, 6) is 0. The van der Waals surface area contributed by atoms with Crippen LogP contribution in [0.15, 0.2) is 191 Å². The van der Waals surface area contributed by atoms with E-state index in [4.69, 9.17) is 13.8 Å². The van der Waals surface area contributed by atoms with Gasteiger partial charge in [0.05, 0.1) is 33.7 Å². The van der Waals surface area contributed by atoms with Gasteiger partial charge in [-0.15, -0.1) is 0 Å². The second kappa shape index (κ2) is 13.8. The standard InChI is InChI=1S/C57H36N4O2/c58-34-35-20-24-51-45(30-35)42-15-4-7-19-50(42)61(51)41-23-27-54-48(33-41)55-57(63-54)37(28-29-59-55)11-8-10-36-12-9-17-44-47-32-39(22-26-53(47)62-56(36)44)38-21-25-52-46(31-38)43-16-5-6-18-49(43)60(52)40-13-2-1-3-14-40/h1-7,9,12-33H,8,10-11H2. The summed E-state index contributed by atoms with van der Waals surface area (Å²) in [6.45, 7) is 0. The van der Waals surface area contributed by atoms with Crippen molar-refractivity contribution >= 4 is 87.6 Å². The lowest BCUT2D eigenvalue weighted by Crippen LogP contribution is -1.93. The van der Waals surface area contributed by atoms with Crippen LogP contribution in [0.2, 0.25) is 0 Å². The maximum Gasteiger partial charge on any atom is 0.157 e. The first-order valence-electron chi connectivity index (χ1n) is 21.5. The van der Waals surface area contributed by atoms with Crippen LogP contribution in [0.4, 0.5) is 0 Å². The van der Waals surface area contributed by atoms with E-state index >= 15 is 0 Å². The van der Waals surface area contributed by atoms with Crippen molar-refractivity contribution in [2.24, 2.45) is 0 Å². The minimum atomic E-state index is 0.649. The number of aryl methyl sites for hydroxylation is 2. The van der Waals surface area contributed by atoms with E-state index in [1.807, 2.05) is 30.5 Å². The van der Waals surface area contributed by atoms with Crippen molar-refractivity contribution in [1.29, 1.82) is 5.26 Å². The van der Waals surface area contributed by atoms with Gasteiger partial charge in [0.2, 0.25) is 0 Å². The molecule has 13 aromatic rings. The number of nitrogens with zero attached hydrogens (tertiary/aromatic N) is 4. The van der Waals surface area contributed by atoms with Crippen molar-refractivity contribution in [3.8, 4) is 28.6 Å². The normalized spacial score (nSPS) is 12.0. The highest BCUT2D eigenvalue weighted by Crippen LogP contribution is 2.40. The summed E-state index contributed by atoms with van der Waals surface area (Å²) < 4.78 is 17.8. The van der Waals surface area contributed by atoms with Gasteiger partial charge in [-0.3, -0.25) is 4.98 Å². The van der Waals surface area contributed by atoms with Crippen LogP contribution in [0.5, 0.6) is 0 Å². The zero-order valence-corrected chi connectivity index (χ0v) is 34.0. The Morgan fingerprint density at radius 3 is 1.84 bits per heavy atom. The molecule has 0 radical (unpaired) electrons. The van der Waals surface area contributed by atoms with Gasteiger partial charge in [0.1, 0.15) is 22.3 Å². The lowest BCUT2D eigenvalue weighted by atomic mass is 9.99. The molecule has 0 spiro atoms. The van der Waals surface area contributed by atoms with Gasteiger partial charge in [-0.1, -0.05) is 84.9 Å². The molecule has 296 valence electrons. The number of nitriles is 1. The highest BCUT2D eigenvalue weighted by molar-refractivity contribution is 6.13. The van der Waals surface area contributed by atoms with Crippen LogP contribution in [0.3, 0.4) is 0 Å². The fourth-order valence-electron chi connectivity index (χ4n) is 10.1. The molecule has 0 amide bonds. The first-order valence-corrected chi connectivity index (χ1v) is 21.5. The third kappa shape index (κ3) is 5.46. The lowest BCUT2D eigenvalue weighted by Gasteiger charge is -2.08. The molecule has 0 unspecified atom stereocenters. The van der Waals surface area contributed by atoms with Gasteiger partial charge in [-0.25, -0.2) is 0 Å². The van der Waals surface area contributed by atoms with E-state index in [2.05, 4.69) is 167 Å². The molecule has 0 aliphatic rings. The minimum absolute atomic E-state index is 0.649. The number of hydrogen-bond donors (Lipinski definition) is 0. The molecule has 0 aliphatic heterocycles. The van der Waals surface area contributed by atoms with Gasteiger partial charge in [0.15, 0.2) is 5.58 Å². The Bertz CT molecular complexity index is 4030. The third-order valence-corrected chi connectivity index (χ3v) is 13.0. The van der Waals surface area contributed by atoms with Crippen LogP contribution in [0.25, 0.3) is 110 Å². The number of benzene rings is 8. The molecule has 63 heavy (non-hydrogen) atoms. The smallest absolute Gasteiger partial charge is 0.157 e. The summed E-state index contributed by atoms with van der Waals surface area (Å²) in [6, 6.07) is 64.2. The Kier molecular flexibility index (Phi) is 7.76. The van der Waals surface area contributed by atoms with Crippen LogP contribution in [-0.4, -0.2) is 14.1 Å². The Morgan fingerprint density at radius 2 is 1.05 bits per heavy atom. The first-order chi connectivity index (χ1) is 31.2. The molecule has 5 aromatic heterocycles. The van der Waals surface area contributed by atoms with Crippen molar-refractivity contribution in [2.75, 3.05) is 0 Å². The second-order valence-electron chi connectivity index (χ2n) is 16.5. The summed E-state index contributed by atoms with van der Waals surface area (Å²) in [7, 11) is 0. The SMILES string of the molecule is N#Cc1ccc2c(c1)c1ccccc1n2-c1ccc2oc3c(CCCc4cccc5c4oc4ccc(-c6ccc7c(c6)c6ccccc6n7-c6ccccc6)cc45)ccnc3c2c1. The number of fused-ring (bicyclic) bond motifs is 12. The fraction of sp³-hybridized carbons (Fsp3) is 0.0526. The number of rotatable bonds is 7. The van der Waals surface area contributed by atoms with Crippen LogP contribution in [0.1, 0.15) is 23.1 Å². The highest BCUT2D eigenvalue weighted by atomic mass is 16.3. The van der Waals surface area contributed by atoms with E-state index in [0.717, 1.165) is 108 Å². The summed E-state index contributed by atoms with van der Waals surface area (Å²) >= 11 is 0. The Balaban J connectivity index is 0.806. The summed E-state index contributed by atoms with van der Waals surface area (Å²) in [4.78, 5) is 4.85. The van der Waals surface area contributed by atoms with Crippen LogP contribution < -0.4 is 0 Å². The predicted molar refractivity (Wildman–Crippen MR) is 256 cm³/mol. The van der Waals surface area contributed by atoms with Crippen LogP contribution in [-0.2, 0) is 12.8 Å². The number of para-hydroxylation sites is 4. The second-order valence-corrected chi connectivity index (χ2v) is 16.5. The Labute approximate surface area is 361 Å². The maximum absolute atomic E-state index is 9.62. The van der Waals surface area contributed by atoms with E-state index in [1.54, 1.807) is 0 Å². The zero-order valence-electron chi connectivity index (χ0n) is 34.0. The van der Waals surface area contributed by atoms with Crippen molar-refractivity contribution in [3.05, 3.63) is 199 Å². The first kappa shape index (κ1) is 35.4. The number of hydrogen-bond acceptors (Lipinski definition) is 4. The van der Waals surface area contributed by atoms with Crippen molar-refractivity contribution in [3.63, 3.8) is 0 Å². The molecule has 0 fully saturated rings. The molecular formula is C57H36N4O2. The molecule has 0 bridgehead atoms. The number of pyridine rings is 1. The van der Waals surface area contributed by atoms with Crippen LogP contribution in [0, 0.1) is 11.3 Å². The minimum Gasteiger partial charge on any atom is -0.456 e. The van der Waals surface area contributed by atoms with E-state index in [0.29, 0.717) is 5.56 Å². The van der Waals surface area contributed by atoms with Crippen molar-refractivity contribution in [2.45, 2.75) is 19.3 Å². The summed E-state index contributed by atoms with van der Waals surface area (Å²) in [5.41, 5.74) is 16.4. The van der Waals surface area contributed by atoms with Gasteiger partial charge in [-0.2, -0.15) is 5.26 Å². The van der Waals surface area contributed by atoms with E-state index in [9.17, 15) is 5.26 Å². The predicted octanol–water partition coefficient (Wildman–Crippen LogP) is 14.8. The molecule has 8 aromatic carbocycles. The van der Waals surface area contributed by atoms with Gasteiger partial charge < -0.3 is 18.0 Å². The van der Waals surface area contributed by atoms with Gasteiger partial charge in [0.25, 0.3) is 0 Å². The molecule has 0 aliphatic carbocycles. The van der Waals surface area contributed by atoms with E-state index in [1.165, 1.54) is 32.9 Å². The maximum atomic E-state index is 9.62. The molecule has 0 N–H and O–H groups in total. The van der Waals surface area contributed by atoms with Crippen LogP contribution >= 0.6 is 0 Å². The van der Waals surface area contributed by atoms with Crippen molar-refractivity contribution < 1.29 is 8.83 Å². The summed E-state index contributed by atoms with van der Waals surface area (Å²) in [6.07, 6.45) is 4.52. The number of aromatic nitrogens is 3. The molecule has 6 nitrogen and oxygen atoms in total. The highest BCUT2D eigenvalue weighted by Gasteiger charge is 2.19. The Hall–Kier alpha value is -8.40. The molecule has 0 saturated heterocycles.